The summed E-state index contributed by atoms with van der Waals surface area (Å²) < 4.78 is 25.0. The van der Waals surface area contributed by atoms with E-state index in [-0.39, 0.29) is 16.8 Å². The Morgan fingerprint density at radius 3 is 2.40 bits per heavy atom. The summed E-state index contributed by atoms with van der Waals surface area (Å²) in [7, 11) is -1.66. The van der Waals surface area contributed by atoms with Crippen molar-refractivity contribution in [2.45, 2.75) is 38.1 Å². The molecule has 1 aliphatic carbocycles. The summed E-state index contributed by atoms with van der Waals surface area (Å²) in [5.74, 6) is -0.213. The lowest BCUT2D eigenvalue weighted by Gasteiger charge is -2.30. The summed E-state index contributed by atoms with van der Waals surface area (Å²) >= 11 is 4.64. The summed E-state index contributed by atoms with van der Waals surface area (Å²) in [5.41, 5.74) is 5.27. The first-order chi connectivity index (χ1) is 6.93. The number of hydrogen-bond donors (Lipinski definition) is 1. The molecule has 0 amide bonds. The second-order valence-electron chi connectivity index (χ2n) is 4.03. The highest BCUT2D eigenvalue weighted by Gasteiger charge is 2.27. The van der Waals surface area contributed by atoms with E-state index in [1.165, 1.54) is 10.7 Å². The van der Waals surface area contributed by atoms with Crippen molar-refractivity contribution in [3.05, 3.63) is 0 Å². The van der Waals surface area contributed by atoms with Crippen molar-refractivity contribution < 1.29 is 8.42 Å². The van der Waals surface area contributed by atoms with Crippen LogP contribution in [0.4, 0.5) is 0 Å². The molecule has 0 aromatic heterocycles. The van der Waals surface area contributed by atoms with Crippen LogP contribution in [0.25, 0.3) is 0 Å². The van der Waals surface area contributed by atoms with Gasteiger partial charge >= 0.3 is 0 Å². The lowest BCUT2D eigenvalue weighted by atomic mass is 9.96. The van der Waals surface area contributed by atoms with Gasteiger partial charge in [0.2, 0.25) is 10.0 Å². The van der Waals surface area contributed by atoms with E-state index in [2.05, 4.69) is 12.2 Å². The number of hydrogen-bond acceptors (Lipinski definition) is 3. The van der Waals surface area contributed by atoms with E-state index < -0.39 is 10.0 Å². The molecule has 0 bridgehead atoms. The molecule has 0 radical (unpaired) electrons. The van der Waals surface area contributed by atoms with Gasteiger partial charge < -0.3 is 5.73 Å². The first-order valence-electron chi connectivity index (χ1n) is 5.17. The molecule has 1 saturated carbocycles. The minimum absolute atomic E-state index is 0.0395. The van der Waals surface area contributed by atoms with Gasteiger partial charge in [0.25, 0.3) is 0 Å². The predicted octanol–water partition coefficient (Wildman–Crippen LogP) is 0.867. The fourth-order valence-corrected chi connectivity index (χ4v) is 3.63. The van der Waals surface area contributed by atoms with Crippen LogP contribution < -0.4 is 5.73 Å². The molecule has 2 N–H and O–H groups in total. The highest BCUT2D eigenvalue weighted by Crippen LogP contribution is 2.23. The highest BCUT2D eigenvalue weighted by atomic mass is 32.2. The van der Waals surface area contributed by atoms with Crippen LogP contribution in [-0.4, -0.2) is 36.6 Å². The maximum atomic E-state index is 11.8. The summed E-state index contributed by atoms with van der Waals surface area (Å²) in [6.07, 6.45) is 5.33. The molecule has 88 valence electrons. The fraction of sp³-hybridized carbons (Fsp3) is 0.889. The van der Waals surface area contributed by atoms with E-state index in [0.717, 1.165) is 25.7 Å². The van der Waals surface area contributed by atoms with Gasteiger partial charge in [-0.1, -0.05) is 31.5 Å². The van der Waals surface area contributed by atoms with Crippen molar-refractivity contribution in [1.29, 1.82) is 0 Å². The Hall–Kier alpha value is -0.200. The Morgan fingerprint density at radius 2 is 1.93 bits per heavy atom. The molecule has 0 aromatic carbocycles. The summed E-state index contributed by atoms with van der Waals surface area (Å²) in [5, 5.41) is 0. The third kappa shape index (κ3) is 3.70. The van der Waals surface area contributed by atoms with Gasteiger partial charge in [-0.05, 0) is 12.8 Å². The van der Waals surface area contributed by atoms with Gasteiger partial charge in [-0.3, -0.25) is 0 Å². The maximum Gasteiger partial charge on any atom is 0.220 e. The standard InChI is InChI=1S/C9H18N2O2S2/c1-11(8-5-3-2-4-6-8)15(12,13)7-9(10)14/h8H,2-7H2,1H3,(H2,10,14). The van der Waals surface area contributed by atoms with Crippen molar-refractivity contribution in [3.8, 4) is 0 Å². The van der Waals surface area contributed by atoms with E-state index in [1.807, 2.05) is 0 Å². The quantitative estimate of drug-likeness (QED) is 0.752. The number of rotatable bonds is 4. The Kier molecular flexibility index (Phi) is 4.48. The second kappa shape index (κ2) is 5.23. The molecule has 1 rings (SSSR count). The molecule has 4 nitrogen and oxygen atoms in total. The van der Waals surface area contributed by atoms with Crippen molar-refractivity contribution in [2.75, 3.05) is 12.8 Å². The Balaban J connectivity index is 2.65. The smallest absolute Gasteiger partial charge is 0.220 e. The molecule has 0 atom stereocenters. The molecule has 0 unspecified atom stereocenters. The molecule has 6 heteroatoms. The average molecular weight is 250 g/mol. The Bertz CT molecular complexity index is 321. The zero-order chi connectivity index (χ0) is 11.5. The van der Waals surface area contributed by atoms with Crippen LogP contribution in [0, 0.1) is 0 Å². The van der Waals surface area contributed by atoms with Crippen molar-refractivity contribution in [2.24, 2.45) is 5.73 Å². The fourth-order valence-electron chi connectivity index (χ4n) is 1.95. The van der Waals surface area contributed by atoms with E-state index in [4.69, 9.17) is 5.73 Å². The van der Waals surface area contributed by atoms with Gasteiger partial charge in [0.15, 0.2) is 0 Å². The average Bonchev–Trinajstić information content (AvgIpc) is 2.16. The zero-order valence-electron chi connectivity index (χ0n) is 8.98. The second-order valence-corrected chi connectivity index (χ2v) is 6.58. The number of nitrogens with zero attached hydrogens (tertiary/aromatic N) is 1. The summed E-state index contributed by atoms with van der Waals surface area (Å²) in [4.78, 5) is 0.0395. The molecule has 0 spiro atoms. The topological polar surface area (TPSA) is 63.4 Å². The van der Waals surface area contributed by atoms with Gasteiger partial charge in [0, 0.05) is 13.1 Å². The normalized spacial score (nSPS) is 19.3. The molecule has 0 heterocycles. The predicted molar refractivity (Wildman–Crippen MR) is 65.2 cm³/mol. The SMILES string of the molecule is CN(C1CCCCC1)S(=O)(=O)CC(N)=S. The maximum absolute atomic E-state index is 11.8. The van der Waals surface area contributed by atoms with Crippen LogP contribution in [0.2, 0.25) is 0 Å². The minimum Gasteiger partial charge on any atom is -0.392 e. The van der Waals surface area contributed by atoms with Gasteiger partial charge in [-0.2, -0.15) is 0 Å². The van der Waals surface area contributed by atoms with E-state index in [0.29, 0.717) is 0 Å². The lowest BCUT2D eigenvalue weighted by Crippen LogP contribution is -2.41. The lowest BCUT2D eigenvalue weighted by molar-refractivity contribution is 0.287. The third-order valence-electron chi connectivity index (χ3n) is 2.85. The van der Waals surface area contributed by atoms with Crippen LogP contribution >= 0.6 is 12.2 Å². The number of sulfonamides is 1. The molecular formula is C9H18N2O2S2. The first-order valence-corrected chi connectivity index (χ1v) is 7.19. The van der Waals surface area contributed by atoms with Crippen LogP contribution in [-0.2, 0) is 10.0 Å². The third-order valence-corrected chi connectivity index (χ3v) is 5.03. The van der Waals surface area contributed by atoms with Crippen LogP contribution in [0.15, 0.2) is 0 Å². The van der Waals surface area contributed by atoms with Gasteiger partial charge in [-0.15, -0.1) is 0 Å². The molecular weight excluding hydrogens is 232 g/mol. The minimum atomic E-state index is -3.29. The van der Waals surface area contributed by atoms with Crippen molar-refractivity contribution >= 4 is 27.2 Å². The molecule has 0 aliphatic heterocycles. The van der Waals surface area contributed by atoms with Crippen LogP contribution in [0.1, 0.15) is 32.1 Å². The first kappa shape index (κ1) is 12.9. The molecule has 1 aliphatic rings. The molecule has 0 aromatic rings. The molecule has 1 fully saturated rings. The largest absolute Gasteiger partial charge is 0.392 e. The zero-order valence-corrected chi connectivity index (χ0v) is 10.6. The van der Waals surface area contributed by atoms with Gasteiger partial charge in [0.05, 0.1) is 4.99 Å². The summed E-state index contributed by atoms with van der Waals surface area (Å²) in [6.45, 7) is 0. The van der Waals surface area contributed by atoms with E-state index in [1.54, 1.807) is 7.05 Å². The van der Waals surface area contributed by atoms with Gasteiger partial charge in [-0.25, -0.2) is 12.7 Å². The molecule has 0 saturated heterocycles. The van der Waals surface area contributed by atoms with Gasteiger partial charge in [0.1, 0.15) is 5.75 Å². The number of thiocarbonyl (C=S) groups is 1. The van der Waals surface area contributed by atoms with E-state index >= 15 is 0 Å². The Morgan fingerprint density at radius 1 is 1.40 bits per heavy atom. The number of nitrogens with two attached hydrogens (primary N) is 1. The van der Waals surface area contributed by atoms with Crippen LogP contribution in [0.5, 0.6) is 0 Å². The summed E-state index contributed by atoms with van der Waals surface area (Å²) in [6, 6.07) is 0.137. The van der Waals surface area contributed by atoms with Crippen LogP contribution in [0.3, 0.4) is 0 Å². The highest BCUT2D eigenvalue weighted by molar-refractivity contribution is 7.92. The monoisotopic (exact) mass is 250 g/mol. The van der Waals surface area contributed by atoms with E-state index in [9.17, 15) is 8.42 Å². The van der Waals surface area contributed by atoms with Crippen molar-refractivity contribution in [3.63, 3.8) is 0 Å². The van der Waals surface area contributed by atoms with Crippen molar-refractivity contribution in [1.82, 2.24) is 4.31 Å². The Labute approximate surface area is 96.9 Å². The molecule has 15 heavy (non-hydrogen) atoms.